The second-order valence-corrected chi connectivity index (χ2v) is 4.36. The SMILES string of the molecule is CCc1cccc(CC)c1-n1cnc(N)nc1=S. The van der Waals surface area contributed by atoms with Crippen LogP contribution in [0.25, 0.3) is 5.69 Å². The molecule has 0 saturated heterocycles. The van der Waals surface area contributed by atoms with Crippen LogP contribution in [-0.2, 0) is 12.8 Å². The molecule has 2 rings (SSSR count). The number of hydrogen-bond donors (Lipinski definition) is 1. The van der Waals surface area contributed by atoms with Gasteiger partial charge in [0, 0.05) is 0 Å². The van der Waals surface area contributed by atoms with Crippen molar-refractivity contribution >= 4 is 18.2 Å². The highest BCUT2D eigenvalue weighted by atomic mass is 32.1. The van der Waals surface area contributed by atoms with Gasteiger partial charge in [-0.15, -0.1) is 0 Å². The molecule has 4 nitrogen and oxygen atoms in total. The molecule has 0 unspecified atom stereocenters. The molecule has 0 aliphatic rings. The van der Waals surface area contributed by atoms with E-state index < -0.39 is 0 Å². The summed E-state index contributed by atoms with van der Waals surface area (Å²) >= 11 is 5.27. The van der Waals surface area contributed by atoms with Gasteiger partial charge in [-0.25, -0.2) is 4.98 Å². The summed E-state index contributed by atoms with van der Waals surface area (Å²) in [5.74, 6) is 0.211. The smallest absolute Gasteiger partial charge is 0.224 e. The Bertz CT molecular complexity index is 596. The number of anilines is 1. The first kappa shape index (κ1) is 12.7. The standard InChI is InChI=1S/C13H16N4S/c1-3-9-6-5-7-10(4-2)11(9)17-8-15-12(14)16-13(17)18/h5-8H,3-4H2,1-2H3,(H2,14,16,18). The highest BCUT2D eigenvalue weighted by molar-refractivity contribution is 7.71. The van der Waals surface area contributed by atoms with Gasteiger partial charge in [0.25, 0.3) is 0 Å². The largest absolute Gasteiger partial charge is 0.368 e. The summed E-state index contributed by atoms with van der Waals surface area (Å²) in [7, 11) is 0. The van der Waals surface area contributed by atoms with Gasteiger partial charge >= 0.3 is 0 Å². The molecule has 0 amide bonds. The zero-order valence-corrected chi connectivity index (χ0v) is 11.4. The van der Waals surface area contributed by atoms with Gasteiger partial charge < -0.3 is 5.73 Å². The predicted octanol–water partition coefficient (Wildman–Crippen LogP) is 2.70. The molecule has 0 spiro atoms. The summed E-state index contributed by atoms with van der Waals surface area (Å²) in [6, 6.07) is 6.28. The molecule has 1 aromatic heterocycles. The maximum atomic E-state index is 5.54. The van der Waals surface area contributed by atoms with Crippen molar-refractivity contribution in [1.82, 2.24) is 14.5 Å². The third kappa shape index (κ3) is 2.26. The molecule has 1 aromatic carbocycles. The molecule has 94 valence electrons. The summed E-state index contributed by atoms with van der Waals surface area (Å²) in [6.07, 6.45) is 3.53. The quantitative estimate of drug-likeness (QED) is 0.862. The number of rotatable bonds is 3. The van der Waals surface area contributed by atoms with E-state index in [1.807, 2.05) is 4.57 Å². The molecule has 18 heavy (non-hydrogen) atoms. The minimum absolute atomic E-state index is 0.211. The third-order valence-electron chi connectivity index (χ3n) is 2.93. The monoisotopic (exact) mass is 260 g/mol. The Balaban J connectivity index is 2.73. The number of nitrogens with two attached hydrogens (primary N) is 1. The van der Waals surface area contributed by atoms with Crippen molar-refractivity contribution in [1.29, 1.82) is 0 Å². The Morgan fingerprint density at radius 3 is 2.33 bits per heavy atom. The van der Waals surface area contributed by atoms with Gasteiger partial charge in [0.2, 0.25) is 10.7 Å². The van der Waals surface area contributed by atoms with Crippen LogP contribution in [0.2, 0.25) is 0 Å². The van der Waals surface area contributed by atoms with Gasteiger partial charge in [-0.2, -0.15) is 4.98 Å². The zero-order valence-electron chi connectivity index (χ0n) is 10.6. The van der Waals surface area contributed by atoms with E-state index in [-0.39, 0.29) is 5.95 Å². The molecular weight excluding hydrogens is 244 g/mol. The van der Waals surface area contributed by atoms with Crippen LogP contribution in [-0.4, -0.2) is 14.5 Å². The van der Waals surface area contributed by atoms with E-state index in [4.69, 9.17) is 18.0 Å². The van der Waals surface area contributed by atoms with Gasteiger partial charge in [0.1, 0.15) is 6.33 Å². The summed E-state index contributed by atoms with van der Waals surface area (Å²) in [6.45, 7) is 4.25. The minimum Gasteiger partial charge on any atom is -0.368 e. The molecule has 0 radical (unpaired) electrons. The molecule has 2 aromatic rings. The van der Waals surface area contributed by atoms with E-state index >= 15 is 0 Å². The van der Waals surface area contributed by atoms with Crippen molar-refractivity contribution in [2.24, 2.45) is 0 Å². The zero-order chi connectivity index (χ0) is 13.1. The van der Waals surface area contributed by atoms with Gasteiger partial charge in [-0.1, -0.05) is 32.0 Å². The second-order valence-electron chi connectivity index (χ2n) is 4.00. The number of nitrogen functional groups attached to an aromatic ring is 1. The van der Waals surface area contributed by atoms with E-state index in [1.165, 1.54) is 11.1 Å². The number of para-hydroxylation sites is 1. The lowest BCUT2D eigenvalue weighted by atomic mass is 10.0. The Morgan fingerprint density at radius 2 is 1.83 bits per heavy atom. The van der Waals surface area contributed by atoms with Gasteiger partial charge in [-0.05, 0) is 36.2 Å². The van der Waals surface area contributed by atoms with Crippen LogP contribution in [0.15, 0.2) is 24.5 Å². The van der Waals surface area contributed by atoms with E-state index in [9.17, 15) is 0 Å². The van der Waals surface area contributed by atoms with Crippen molar-refractivity contribution in [2.75, 3.05) is 5.73 Å². The average molecular weight is 260 g/mol. The fourth-order valence-electron chi connectivity index (χ4n) is 2.02. The highest BCUT2D eigenvalue weighted by Crippen LogP contribution is 2.21. The average Bonchev–Trinajstić information content (AvgIpc) is 2.38. The Kier molecular flexibility index (Phi) is 3.72. The number of aryl methyl sites for hydroxylation is 2. The van der Waals surface area contributed by atoms with Crippen molar-refractivity contribution in [3.05, 3.63) is 40.4 Å². The molecule has 0 aliphatic carbocycles. The second kappa shape index (κ2) is 5.27. The number of benzene rings is 1. The first-order valence-corrected chi connectivity index (χ1v) is 6.40. The topological polar surface area (TPSA) is 56.7 Å². The fourth-order valence-corrected chi connectivity index (χ4v) is 2.26. The van der Waals surface area contributed by atoms with Crippen LogP contribution in [0.1, 0.15) is 25.0 Å². The Labute approximate surface area is 112 Å². The summed E-state index contributed by atoms with van der Waals surface area (Å²) in [5.41, 5.74) is 9.10. The molecule has 0 bridgehead atoms. The maximum Gasteiger partial charge on any atom is 0.224 e. The van der Waals surface area contributed by atoms with Crippen LogP contribution in [0.5, 0.6) is 0 Å². The first-order valence-electron chi connectivity index (χ1n) is 5.99. The molecule has 0 aliphatic heterocycles. The van der Waals surface area contributed by atoms with Crippen LogP contribution < -0.4 is 5.73 Å². The first-order chi connectivity index (χ1) is 8.67. The van der Waals surface area contributed by atoms with Crippen molar-refractivity contribution in [2.45, 2.75) is 26.7 Å². The molecular formula is C13H16N4S. The van der Waals surface area contributed by atoms with Crippen molar-refractivity contribution in [3.8, 4) is 5.69 Å². The lowest BCUT2D eigenvalue weighted by Crippen LogP contribution is -2.09. The Hall–Kier alpha value is -1.75. The molecule has 1 heterocycles. The Morgan fingerprint density at radius 1 is 1.22 bits per heavy atom. The van der Waals surface area contributed by atoms with E-state index in [0.717, 1.165) is 18.5 Å². The van der Waals surface area contributed by atoms with Crippen LogP contribution in [0.3, 0.4) is 0 Å². The lowest BCUT2D eigenvalue weighted by Gasteiger charge is -2.15. The van der Waals surface area contributed by atoms with Gasteiger partial charge in [0.15, 0.2) is 0 Å². The maximum absolute atomic E-state index is 5.54. The molecule has 0 fully saturated rings. The van der Waals surface area contributed by atoms with E-state index in [0.29, 0.717) is 4.77 Å². The molecule has 5 heteroatoms. The van der Waals surface area contributed by atoms with Crippen LogP contribution in [0, 0.1) is 4.77 Å². The van der Waals surface area contributed by atoms with Crippen LogP contribution >= 0.6 is 12.2 Å². The van der Waals surface area contributed by atoms with Gasteiger partial charge in [0.05, 0.1) is 5.69 Å². The number of hydrogen-bond acceptors (Lipinski definition) is 4. The minimum atomic E-state index is 0.211. The normalized spacial score (nSPS) is 10.6. The third-order valence-corrected chi connectivity index (χ3v) is 3.22. The van der Waals surface area contributed by atoms with E-state index in [2.05, 4.69) is 42.0 Å². The van der Waals surface area contributed by atoms with Crippen molar-refractivity contribution in [3.63, 3.8) is 0 Å². The molecule has 0 saturated carbocycles. The fraction of sp³-hybridized carbons (Fsp3) is 0.308. The highest BCUT2D eigenvalue weighted by Gasteiger charge is 2.09. The van der Waals surface area contributed by atoms with Crippen molar-refractivity contribution < 1.29 is 0 Å². The lowest BCUT2D eigenvalue weighted by molar-refractivity contribution is 0.869. The summed E-state index contributed by atoms with van der Waals surface area (Å²) in [4.78, 5) is 8.08. The predicted molar refractivity (Wildman–Crippen MR) is 75.4 cm³/mol. The van der Waals surface area contributed by atoms with E-state index in [1.54, 1.807) is 6.33 Å². The van der Waals surface area contributed by atoms with Crippen LogP contribution in [0.4, 0.5) is 5.95 Å². The molecule has 0 atom stereocenters. The van der Waals surface area contributed by atoms with Gasteiger partial charge in [-0.3, -0.25) is 4.57 Å². The number of nitrogens with zero attached hydrogens (tertiary/aromatic N) is 3. The summed E-state index contributed by atoms with van der Waals surface area (Å²) in [5, 5.41) is 0. The number of aromatic nitrogens is 3. The molecule has 2 N–H and O–H groups in total. The summed E-state index contributed by atoms with van der Waals surface area (Å²) < 4.78 is 2.28.